The molecule has 0 atom stereocenters. The van der Waals surface area contributed by atoms with Crippen molar-refractivity contribution in [2.24, 2.45) is 5.92 Å². The van der Waals surface area contributed by atoms with Crippen LogP contribution in [0.5, 0.6) is 0 Å². The van der Waals surface area contributed by atoms with Gasteiger partial charge in [0.05, 0.1) is 0 Å². The minimum Gasteiger partial charge on any atom is -0.298 e. The van der Waals surface area contributed by atoms with E-state index in [2.05, 4.69) is 32.6 Å². The summed E-state index contributed by atoms with van der Waals surface area (Å²) in [5.41, 5.74) is 0.461. The molecule has 1 aliphatic rings. The third-order valence-corrected chi connectivity index (χ3v) is 2.91. The van der Waals surface area contributed by atoms with E-state index in [9.17, 15) is 0 Å². The average Bonchev–Trinajstić information content (AvgIpc) is 1.92. The summed E-state index contributed by atoms with van der Waals surface area (Å²) in [6.07, 6.45) is 4.19. The van der Waals surface area contributed by atoms with Crippen LogP contribution in [0.25, 0.3) is 0 Å². The van der Waals surface area contributed by atoms with Crippen LogP contribution in [0.15, 0.2) is 0 Å². The summed E-state index contributed by atoms with van der Waals surface area (Å²) in [6.45, 7) is 12.0. The maximum absolute atomic E-state index is 2.65. The molecule has 1 saturated heterocycles. The van der Waals surface area contributed by atoms with Gasteiger partial charge in [-0.25, -0.2) is 0 Å². The fourth-order valence-corrected chi connectivity index (χ4v) is 2.10. The Morgan fingerprint density at radius 3 is 2.42 bits per heavy atom. The zero-order valence-corrected chi connectivity index (χ0v) is 9.06. The standard InChI is InChI=1S/C11H23N/c1-10(2)9-12-8-6-5-7-11(12,3)4/h10H,5-9H2,1-4H3. The van der Waals surface area contributed by atoms with Gasteiger partial charge in [-0.15, -0.1) is 0 Å². The molecule has 0 aliphatic carbocycles. The Morgan fingerprint density at radius 2 is 1.92 bits per heavy atom. The first-order valence-corrected chi connectivity index (χ1v) is 5.27. The molecule has 0 aromatic rings. The van der Waals surface area contributed by atoms with Crippen LogP contribution in [-0.2, 0) is 0 Å². The Balaban J connectivity index is 2.48. The Kier molecular flexibility index (Phi) is 3.16. The third-order valence-electron chi connectivity index (χ3n) is 2.91. The van der Waals surface area contributed by atoms with Gasteiger partial charge in [-0.2, -0.15) is 0 Å². The molecule has 0 amide bonds. The second-order valence-electron chi connectivity index (χ2n) is 5.11. The molecule has 72 valence electrons. The molecule has 1 heterocycles. The summed E-state index contributed by atoms with van der Waals surface area (Å²) in [5, 5.41) is 0. The van der Waals surface area contributed by atoms with Gasteiger partial charge in [0, 0.05) is 12.1 Å². The first-order chi connectivity index (χ1) is 5.52. The Labute approximate surface area is 77.1 Å². The lowest BCUT2D eigenvalue weighted by Crippen LogP contribution is -2.48. The largest absolute Gasteiger partial charge is 0.298 e. The molecule has 0 spiro atoms. The molecule has 1 fully saturated rings. The molecule has 0 aromatic carbocycles. The van der Waals surface area contributed by atoms with Crippen molar-refractivity contribution in [3.63, 3.8) is 0 Å². The predicted molar refractivity (Wildman–Crippen MR) is 54.3 cm³/mol. The van der Waals surface area contributed by atoms with E-state index in [1.54, 1.807) is 0 Å². The van der Waals surface area contributed by atoms with Gasteiger partial charge in [0.15, 0.2) is 0 Å². The number of piperidine rings is 1. The van der Waals surface area contributed by atoms with E-state index in [4.69, 9.17) is 0 Å². The van der Waals surface area contributed by atoms with Crippen LogP contribution in [-0.4, -0.2) is 23.5 Å². The zero-order valence-electron chi connectivity index (χ0n) is 9.06. The molecule has 1 aliphatic heterocycles. The zero-order chi connectivity index (χ0) is 9.19. The van der Waals surface area contributed by atoms with Crippen molar-refractivity contribution in [3.8, 4) is 0 Å². The molecule has 0 aromatic heterocycles. The van der Waals surface area contributed by atoms with E-state index in [1.807, 2.05) is 0 Å². The molecule has 0 unspecified atom stereocenters. The summed E-state index contributed by atoms with van der Waals surface area (Å²) in [6, 6.07) is 0. The van der Waals surface area contributed by atoms with E-state index < -0.39 is 0 Å². The number of nitrogens with zero attached hydrogens (tertiary/aromatic N) is 1. The van der Waals surface area contributed by atoms with Crippen LogP contribution in [0.1, 0.15) is 47.0 Å². The highest BCUT2D eigenvalue weighted by atomic mass is 15.2. The van der Waals surface area contributed by atoms with Crippen molar-refractivity contribution < 1.29 is 0 Å². The van der Waals surface area contributed by atoms with Crippen LogP contribution in [0.3, 0.4) is 0 Å². The highest BCUT2D eigenvalue weighted by Crippen LogP contribution is 2.27. The first kappa shape index (κ1) is 10.0. The van der Waals surface area contributed by atoms with Gasteiger partial charge in [-0.1, -0.05) is 20.3 Å². The van der Waals surface area contributed by atoms with Crippen molar-refractivity contribution in [2.75, 3.05) is 13.1 Å². The second-order valence-corrected chi connectivity index (χ2v) is 5.11. The lowest BCUT2D eigenvalue weighted by Gasteiger charge is -2.43. The van der Waals surface area contributed by atoms with Gasteiger partial charge in [-0.3, -0.25) is 4.90 Å². The minimum atomic E-state index is 0.461. The summed E-state index contributed by atoms with van der Waals surface area (Å²) < 4.78 is 0. The fourth-order valence-electron chi connectivity index (χ4n) is 2.10. The summed E-state index contributed by atoms with van der Waals surface area (Å²) >= 11 is 0. The highest BCUT2D eigenvalue weighted by Gasteiger charge is 2.29. The van der Waals surface area contributed by atoms with E-state index >= 15 is 0 Å². The molecule has 1 heteroatoms. The fraction of sp³-hybridized carbons (Fsp3) is 1.00. The highest BCUT2D eigenvalue weighted by molar-refractivity contribution is 4.85. The molecule has 0 N–H and O–H groups in total. The van der Waals surface area contributed by atoms with Crippen molar-refractivity contribution >= 4 is 0 Å². The molecule has 1 nitrogen and oxygen atoms in total. The normalized spacial score (nSPS) is 24.8. The van der Waals surface area contributed by atoms with Crippen molar-refractivity contribution in [1.29, 1.82) is 0 Å². The SMILES string of the molecule is CC(C)CN1CCCCC1(C)C. The van der Waals surface area contributed by atoms with Gasteiger partial charge in [0.1, 0.15) is 0 Å². The summed E-state index contributed by atoms with van der Waals surface area (Å²) in [4.78, 5) is 2.65. The molecule has 0 bridgehead atoms. The first-order valence-electron chi connectivity index (χ1n) is 5.27. The summed E-state index contributed by atoms with van der Waals surface area (Å²) in [5.74, 6) is 0.808. The van der Waals surface area contributed by atoms with Crippen LogP contribution in [0.2, 0.25) is 0 Å². The topological polar surface area (TPSA) is 3.24 Å². The third kappa shape index (κ3) is 2.48. The van der Waals surface area contributed by atoms with Gasteiger partial charge >= 0.3 is 0 Å². The summed E-state index contributed by atoms with van der Waals surface area (Å²) in [7, 11) is 0. The van der Waals surface area contributed by atoms with Crippen LogP contribution in [0.4, 0.5) is 0 Å². The number of hydrogen-bond acceptors (Lipinski definition) is 1. The number of rotatable bonds is 2. The Morgan fingerprint density at radius 1 is 1.25 bits per heavy atom. The monoisotopic (exact) mass is 169 g/mol. The Hall–Kier alpha value is -0.0400. The second kappa shape index (κ2) is 3.78. The van der Waals surface area contributed by atoms with E-state index in [1.165, 1.54) is 32.4 Å². The number of likely N-dealkylation sites (tertiary alicyclic amines) is 1. The molecule has 12 heavy (non-hydrogen) atoms. The van der Waals surface area contributed by atoms with Gasteiger partial charge in [0.25, 0.3) is 0 Å². The van der Waals surface area contributed by atoms with Gasteiger partial charge in [0.2, 0.25) is 0 Å². The molecular weight excluding hydrogens is 146 g/mol. The molecular formula is C11H23N. The lowest BCUT2D eigenvalue weighted by molar-refractivity contribution is 0.0651. The smallest absolute Gasteiger partial charge is 0.0153 e. The number of hydrogen-bond donors (Lipinski definition) is 0. The predicted octanol–water partition coefficient (Wildman–Crippen LogP) is 2.91. The average molecular weight is 169 g/mol. The van der Waals surface area contributed by atoms with Gasteiger partial charge < -0.3 is 0 Å². The Bertz CT molecular complexity index is 138. The lowest BCUT2D eigenvalue weighted by atomic mass is 9.89. The quantitative estimate of drug-likeness (QED) is 0.614. The van der Waals surface area contributed by atoms with Crippen molar-refractivity contribution in [2.45, 2.75) is 52.5 Å². The van der Waals surface area contributed by atoms with Crippen LogP contribution >= 0.6 is 0 Å². The molecule has 0 radical (unpaired) electrons. The van der Waals surface area contributed by atoms with E-state index in [0.717, 1.165) is 5.92 Å². The van der Waals surface area contributed by atoms with E-state index in [0.29, 0.717) is 5.54 Å². The van der Waals surface area contributed by atoms with Crippen molar-refractivity contribution in [1.82, 2.24) is 4.90 Å². The van der Waals surface area contributed by atoms with E-state index in [-0.39, 0.29) is 0 Å². The maximum Gasteiger partial charge on any atom is 0.0153 e. The van der Waals surface area contributed by atoms with Crippen LogP contribution in [0, 0.1) is 5.92 Å². The molecule has 0 saturated carbocycles. The minimum absolute atomic E-state index is 0.461. The van der Waals surface area contributed by atoms with Crippen LogP contribution < -0.4 is 0 Å². The maximum atomic E-state index is 2.65. The van der Waals surface area contributed by atoms with Gasteiger partial charge in [-0.05, 0) is 39.2 Å². The molecule has 1 rings (SSSR count). The van der Waals surface area contributed by atoms with Crippen molar-refractivity contribution in [3.05, 3.63) is 0 Å².